The molecule has 16 N–H and O–H groups in total. The molecule has 0 aromatic rings. The summed E-state index contributed by atoms with van der Waals surface area (Å²) in [6.07, 6.45) is -52.7. The van der Waals surface area contributed by atoms with E-state index in [4.69, 9.17) is 61.9 Å². The lowest BCUT2D eigenvalue weighted by atomic mass is 9.96. The van der Waals surface area contributed by atoms with Gasteiger partial charge in [0.1, 0.15) is 122 Å². The standard InChI is InChI=1S/C37H64O29/c1-8-14(41)19(46)24(51)32(55-8)61-27-10(3)57-34(66-65-31-23(50)18(45)13(7-40)60-37(31)64-29-21(48)16(43)11(5-38)58-35(29)54-4)26(53)28(27)62-36-30(22(49)17(44)12(6-39)59-36)63-33-25(52)20(47)15(42)9(2)56-33/h8-53H,5-7H2,1-4H3/t8-,9-,10+,11-,12-,13-,14-,15-,16+,17-,18-,19+,20+,21+,22+,23+,24-,25-,26-,27+,28+,29-,30-,31-,32+,33+,34+,35+,36+,37+/m1/s1. The Morgan fingerprint density at radius 1 is 0.303 bits per heavy atom. The van der Waals surface area contributed by atoms with E-state index in [1.165, 1.54) is 20.8 Å². The van der Waals surface area contributed by atoms with Crippen LogP contribution < -0.4 is 0 Å². The molecule has 0 amide bonds. The predicted molar refractivity (Wildman–Crippen MR) is 201 cm³/mol. The van der Waals surface area contributed by atoms with E-state index < -0.39 is 204 Å². The van der Waals surface area contributed by atoms with Crippen molar-refractivity contribution in [2.75, 3.05) is 26.9 Å². The molecule has 6 aliphatic heterocycles. The van der Waals surface area contributed by atoms with Gasteiger partial charge in [0.25, 0.3) is 0 Å². The Morgan fingerprint density at radius 3 is 1.12 bits per heavy atom. The normalized spacial score (nSPS) is 54.0. The summed E-state index contributed by atoms with van der Waals surface area (Å²) in [6, 6.07) is 0. The van der Waals surface area contributed by atoms with Crippen LogP contribution in [-0.4, -0.2) is 293 Å². The number of rotatable bonds is 15. The first-order chi connectivity index (χ1) is 31.2. The molecule has 6 aliphatic rings. The first-order valence-electron chi connectivity index (χ1n) is 21.3. The lowest BCUT2D eigenvalue weighted by Gasteiger charge is -2.50. The van der Waals surface area contributed by atoms with E-state index in [1.54, 1.807) is 0 Å². The zero-order chi connectivity index (χ0) is 48.6. The molecule has 6 saturated heterocycles. The van der Waals surface area contributed by atoms with Gasteiger partial charge >= 0.3 is 0 Å². The fourth-order valence-corrected chi connectivity index (χ4v) is 8.37. The Bertz CT molecular complexity index is 1490. The van der Waals surface area contributed by atoms with Gasteiger partial charge in [-0.25, -0.2) is 9.78 Å². The average Bonchev–Trinajstić information content (AvgIpc) is 3.30. The summed E-state index contributed by atoms with van der Waals surface area (Å²) in [6.45, 7) is 1.44. The Labute approximate surface area is 375 Å². The topological polar surface area (TPSA) is 444 Å². The van der Waals surface area contributed by atoms with Crippen LogP contribution in [0, 0.1) is 0 Å². The zero-order valence-electron chi connectivity index (χ0n) is 35.9. The second-order valence-electron chi connectivity index (χ2n) is 17.0. The summed E-state index contributed by atoms with van der Waals surface area (Å²) >= 11 is 0. The van der Waals surface area contributed by atoms with Gasteiger partial charge in [-0.3, -0.25) is 0 Å². The minimum absolute atomic E-state index is 0.739. The summed E-state index contributed by atoms with van der Waals surface area (Å²) in [5, 5.41) is 170. The van der Waals surface area contributed by atoms with Crippen LogP contribution >= 0.6 is 0 Å². The van der Waals surface area contributed by atoms with E-state index in [9.17, 15) is 81.7 Å². The Hall–Kier alpha value is -1.16. The molecule has 0 aliphatic carbocycles. The van der Waals surface area contributed by atoms with Crippen LogP contribution in [0.15, 0.2) is 0 Å². The lowest BCUT2D eigenvalue weighted by Crippen LogP contribution is -2.67. The van der Waals surface area contributed by atoms with Crippen molar-refractivity contribution in [3.8, 4) is 0 Å². The van der Waals surface area contributed by atoms with Crippen molar-refractivity contribution in [2.45, 2.75) is 205 Å². The third-order valence-corrected chi connectivity index (χ3v) is 12.5. The molecule has 29 heteroatoms. The van der Waals surface area contributed by atoms with Gasteiger partial charge in [-0.1, -0.05) is 0 Å². The fraction of sp³-hybridized carbons (Fsp3) is 1.00. The molecular formula is C37H64O29. The minimum Gasteiger partial charge on any atom is -0.394 e. The van der Waals surface area contributed by atoms with Gasteiger partial charge in [0.05, 0.1) is 38.1 Å². The summed E-state index contributed by atoms with van der Waals surface area (Å²) in [5.41, 5.74) is 0. The third kappa shape index (κ3) is 11.0. The molecule has 386 valence electrons. The van der Waals surface area contributed by atoms with Gasteiger partial charge in [-0.2, -0.15) is 0 Å². The van der Waals surface area contributed by atoms with Crippen molar-refractivity contribution >= 4 is 0 Å². The molecule has 66 heavy (non-hydrogen) atoms. The molecule has 6 fully saturated rings. The van der Waals surface area contributed by atoms with Crippen molar-refractivity contribution in [1.29, 1.82) is 0 Å². The van der Waals surface area contributed by atoms with Crippen LogP contribution in [0.1, 0.15) is 20.8 Å². The first-order valence-corrected chi connectivity index (χ1v) is 21.3. The van der Waals surface area contributed by atoms with Gasteiger partial charge in [-0.05, 0) is 20.8 Å². The van der Waals surface area contributed by atoms with Gasteiger partial charge in [0.2, 0.25) is 6.29 Å². The number of hydrogen-bond donors (Lipinski definition) is 16. The highest BCUT2D eigenvalue weighted by Gasteiger charge is 2.57. The highest BCUT2D eigenvalue weighted by atomic mass is 17.2. The van der Waals surface area contributed by atoms with E-state index >= 15 is 0 Å². The Kier molecular flexibility index (Phi) is 18.8. The maximum absolute atomic E-state index is 12.0. The molecule has 0 saturated carbocycles. The molecule has 0 bridgehead atoms. The van der Waals surface area contributed by atoms with E-state index in [-0.39, 0.29) is 0 Å². The van der Waals surface area contributed by atoms with Crippen molar-refractivity contribution < 1.29 is 144 Å². The quantitative estimate of drug-likeness (QED) is 0.0535. The molecule has 0 aromatic carbocycles. The number of ether oxygens (including phenoxy) is 11. The summed E-state index contributed by atoms with van der Waals surface area (Å²) in [7, 11) is 1.14. The summed E-state index contributed by atoms with van der Waals surface area (Å²) < 4.78 is 62.9. The molecule has 0 aromatic heterocycles. The van der Waals surface area contributed by atoms with Crippen LogP contribution in [0.5, 0.6) is 0 Å². The molecule has 6 heterocycles. The Balaban J connectivity index is 1.29. The first kappa shape index (κ1) is 54.2. The number of aliphatic hydroxyl groups excluding tert-OH is 16. The lowest BCUT2D eigenvalue weighted by molar-refractivity contribution is -0.482. The third-order valence-electron chi connectivity index (χ3n) is 12.5. The molecule has 0 unspecified atom stereocenters. The van der Waals surface area contributed by atoms with Gasteiger partial charge in [0.15, 0.2) is 37.6 Å². The second-order valence-corrected chi connectivity index (χ2v) is 17.0. The summed E-state index contributed by atoms with van der Waals surface area (Å²) in [4.78, 5) is 11.0. The van der Waals surface area contributed by atoms with Crippen molar-refractivity contribution in [1.82, 2.24) is 0 Å². The molecular weight excluding hydrogens is 908 g/mol. The van der Waals surface area contributed by atoms with Crippen LogP contribution in [-0.2, 0) is 61.9 Å². The van der Waals surface area contributed by atoms with Crippen molar-refractivity contribution in [3.05, 3.63) is 0 Å². The maximum atomic E-state index is 12.0. The zero-order valence-corrected chi connectivity index (χ0v) is 35.9. The average molecular weight is 973 g/mol. The van der Waals surface area contributed by atoms with Crippen LogP contribution in [0.4, 0.5) is 0 Å². The second kappa shape index (κ2) is 22.9. The van der Waals surface area contributed by atoms with E-state index in [2.05, 4.69) is 0 Å². The van der Waals surface area contributed by atoms with Gasteiger partial charge < -0.3 is 134 Å². The molecule has 30 atom stereocenters. The monoisotopic (exact) mass is 972 g/mol. The van der Waals surface area contributed by atoms with Crippen LogP contribution in [0.2, 0.25) is 0 Å². The highest BCUT2D eigenvalue weighted by molar-refractivity contribution is 4.98. The van der Waals surface area contributed by atoms with Gasteiger partial charge in [-0.15, -0.1) is 0 Å². The van der Waals surface area contributed by atoms with Crippen LogP contribution in [0.25, 0.3) is 0 Å². The van der Waals surface area contributed by atoms with E-state index in [0.29, 0.717) is 0 Å². The molecule has 29 nitrogen and oxygen atoms in total. The van der Waals surface area contributed by atoms with E-state index in [1.807, 2.05) is 0 Å². The maximum Gasteiger partial charge on any atom is 0.220 e. The minimum atomic E-state index is -2.19. The van der Waals surface area contributed by atoms with E-state index in [0.717, 1.165) is 7.11 Å². The van der Waals surface area contributed by atoms with Gasteiger partial charge in [0, 0.05) is 7.11 Å². The smallest absolute Gasteiger partial charge is 0.220 e. The fourth-order valence-electron chi connectivity index (χ4n) is 8.37. The number of aliphatic hydroxyl groups is 16. The predicted octanol–water partition coefficient (Wildman–Crippen LogP) is -10.4. The SMILES string of the molecule is CO[C@H]1O[C@H](CO)[C@H](O)[C@H](O)[C@H]1O[C@@H]1O[C@H](CO)[C@@H](O)[C@H](O)[C@H]1OO[C@@H]1O[C@@H](C)[C@H](O[C@@H]2O[C@H](C)[C@@H](O)[C@H](O)[C@H]2O)[C@@H](O[C@@H]2O[C@H](CO)[C@@H](O)[C@H](O)[C@H]2O[C@@H]2O[C@H](C)[C@@H](O)[C@H](O)[C@H]2O)[C@H]1O. The Morgan fingerprint density at radius 2 is 0.667 bits per heavy atom. The van der Waals surface area contributed by atoms with Crippen LogP contribution in [0.3, 0.4) is 0 Å². The number of methoxy groups -OCH3 is 1. The molecule has 6 rings (SSSR count). The van der Waals surface area contributed by atoms with Crippen molar-refractivity contribution in [3.63, 3.8) is 0 Å². The summed E-state index contributed by atoms with van der Waals surface area (Å²) in [5.74, 6) is 0. The highest BCUT2D eigenvalue weighted by Crippen LogP contribution is 2.37. The van der Waals surface area contributed by atoms with Crippen molar-refractivity contribution in [2.24, 2.45) is 0 Å². The molecule has 0 radical (unpaired) electrons. The molecule has 0 spiro atoms. The largest absolute Gasteiger partial charge is 0.394 e. The number of hydrogen-bond acceptors (Lipinski definition) is 29.